The van der Waals surface area contributed by atoms with Crippen LogP contribution >= 0.6 is 0 Å². The maximum absolute atomic E-state index is 9.97. The average molecular weight is 269 g/mol. The number of ether oxygens (including phenoxy) is 1. The molecule has 0 amide bonds. The van der Waals surface area contributed by atoms with Crippen molar-refractivity contribution in [3.05, 3.63) is 12.0 Å². The molecule has 0 saturated carbocycles. The molecule has 104 valence electrons. The van der Waals surface area contributed by atoms with Gasteiger partial charge >= 0.3 is 0 Å². The third-order valence-electron chi connectivity index (χ3n) is 3.33. The van der Waals surface area contributed by atoms with Gasteiger partial charge in [-0.3, -0.25) is 9.56 Å². The molecule has 1 aromatic heterocycles. The second-order valence-corrected chi connectivity index (χ2v) is 4.48. The Morgan fingerprint density at radius 1 is 1.42 bits per heavy atom. The van der Waals surface area contributed by atoms with Crippen molar-refractivity contribution in [2.75, 3.05) is 11.9 Å². The Kier molecular flexibility index (Phi) is 2.99. The highest BCUT2D eigenvalue weighted by Gasteiger charge is 2.44. The van der Waals surface area contributed by atoms with Gasteiger partial charge in [-0.05, 0) is 0 Å². The van der Waals surface area contributed by atoms with E-state index in [1.54, 1.807) is 0 Å². The molecule has 1 saturated heterocycles. The predicted molar refractivity (Wildman–Crippen MR) is 64.3 cm³/mol. The molecule has 0 bridgehead atoms. The Hall–Kier alpha value is -1.52. The molecule has 1 fully saturated rings. The highest BCUT2D eigenvalue weighted by atomic mass is 16.6. The minimum atomic E-state index is -1.16. The molecule has 2 aliphatic rings. The van der Waals surface area contributed by atoms with Crippen LogP contribution in [-0.2, 0) is 4.74 Å². The fourth-order valence-electron chi connectivity index (χ4n) is 2.29. The highest BCUT2D eigenvalue weighted by Crippen LogP contribution is 2.34. The van der Waals surface area contributed by atoms with E-state index in [9.17, 15) is 10.2 Å². The van der Waals surface area contributed by atoms with Crippen LogP contribution in [0.15, 0.2) is 11.3 Å². The zero-order valence-corrected chi connectivity index (χ0v) is 9.92. The number of imidazole rings is 1. The van der Waals surface area contributed by atoms with Crippen molar-refractivity contribution in [3.8, 4) is 0 Å². The number of aliphatic imine (C=N–C) groups is 1. The summed E-state index contributed by atoms with van der Waals surface area (Å²) >= 11 is 0. The summed E-state index contributed by atoms with van der Waals surface area (Å²) in [6.45, 7) is -0.375. The number of rotatable bonds is 2. The summed E-state index contributed by atoms with van der Waals surface area (Å²) in [5.74, 6) is 0.553. The number of anilines is 1. The Bertz CT molecular complexity index is 504. The van der Waals surface area contributed by atoms with Crippen molar-refractivity contribution >= 4 is 12.2 Å². The molecule has 3 heterocycles. The van der Waals surface area contributed by atoms with Gasteiger partial charge in [-0.1, -0.05) is 0 Å². The molecule has 0 aliphatic carbocycles. The van der Waals surface area contributed by atoms with Crippen molar-refractivity contribution in [1.82, 2.24) is 9.55 Å². The van der Waals surface area contributed by atoms with Crippen molar-refractivity contribution in [1.29, 1.82) is 0 Å². The summed E-state index contributed by atoms with van der Waals surface area (Å²) in [6.07, 6.45) is -1.67. The molecule has 5 atom stereocenters. The Labute approximate surface area is 108 Å². The molecule has 3 rings (SSSR count). The first-order valence-electron chi connectivity index (χ1n) is 5.86. The number of hydrogen-bond acceptors (Lipinski definition) is 8. The molecule has 0 aromatic carbocycles. The molecule has 9 nitrogen and oxygen atoms in total. The van der Waals surface area contributed by atoms with Crippen molar-refractivity contribution in [2.24, 2.45) is 10.7 Å². The van der Waals surface area contributed by atoms with E-state index >= 15 is 0 Å². The number of hydrogen-bond donors (Lipinski definition) is 5. The lowest BCUT2D eigenvalue weighted by Gasteiger charge is -2.21. The topological polar surface area (TPSA) is 138 Å². The molecule has 6 N–H and O–H groups in total. The number of nitrogens with two attached hydrogens (primary N) is 1. The maximum Gasteiger partial charge on any atom is 0.165 e. The number of fused-ring (bicyclic) bond motifs is 1. The van der Waals surface area contributed by atoms with Gasteiger partial charge in [0.25, 0.3) is 0 Å². The normalized spacial score (nSPS) is 37.2. The van der Waals surface area contributed by atoms with Crippen LogP contribution in [0.5, 0.6) is 0 Å². The lowest BCUT2D eigenvalue weighted by atomic mass is 10.1. The SMILES string of the molecule is NC1N=CNc2c1ncn2[C@@H]1O[C@H](CO)[C@@H](O)[C@@H]1O. The zero-order chi connectivity index (χ0) is 13.6. The molecular weight excluding hydrogens is 254 g/mol. The van der Waals surface area contributed by atoms with E-state index in [0.717, 1.165) is 0 Å². The first-order chi connectivity index (χ1) is 9.13. The van der Waals surface area contributed by atoms with Crippen LogP contribution in [0.1, 0.15) is 18.1 Å². The predicted octanol–water partition coefficient (Wildman–Crippen LogP) is -2.09. The minimum Gasteiger partial charge on any atom is -0.394 e. The number of aliphatic hydroxyl groups excluding tert-OH is 3. The summed E-state index contributed by atoms with van der Waals surface area (Å²) in [4.78, 5) is 8.07. The van der Waals surface area contributed by atoms with E-state index in [0.29, 0.717) is 11.5 Å². The van der Waals surface area contributed by atoms with Crippen LogP contribution in [0.2, 0.25) is 0 Å². The van der Waals surface area contributed by atoms with Gasteiger partial charge in [0.1, 0.15) is 36.0 Å². The van der Waals surface area contributed by atoms with Crippen molar-refractivity contribution in [2.45, 2.75) is 30.7 Å². The van der Waals surface area contributed by atoms with Gasteiger partial charge in [0.15, 0.2) is 6.23 Å². The van der Waals surface area contributed by atoms with E-state index in [-0.39, 0.29) is 6.61 Å². The molecule has 9 heteroatoms. The summed E-state index contributed by atoms with van der Waals surface area (Å²) in [7, 11) is 0. The lowest BCUT2D eigenvalue weighted by molar-refractivity contribution is -0.0518. The monoisotopic (exact) mass is 269 g/mol. The number of nitrogens with zero attached hydrogens (tertiary/aromatic N) is 3. The molecule has 19 heavy (non-hydrogen) atoms. The third-order valence-corrected chi connectivity index (χ3v) is 3.33. The maximum atomic E-state index is 9.97. The van der Waals surface area contributed by atoms with E-state index in [2.05, 4.69) is 15.3 Å². The van der Waals surface area contributed by atoms with Crippen molar-refractivity contribution in [3.63, 3.8) is 0 Å². The van der Waals surface area contributed by atoms with Crippen LogP contribution in [-0.4, -0.2) is 56.1 Å². The van der Waals surface area contributed by atoms with E-state index < -0.39 is 30.7 Å². The largest absolute Gasteiger partial charge is 0.394 e. The van der Waals surface area contributed by atoms with Crippen LogP contribution in [0.3, 0.4) is 0 Å². The van der Waals surface area contributed by atoms with Gasteiger partial charge in [0, 0.05) is 0 Å². The lowest BCUT2D eigenvalue weighted by Crippen LogP contribution is -2.33. The van der Waals surface area contributed by atoms with Crippen molar-refractivity contribution < 1.29 is 20.1 Å². The summed E-state index contributed by atoms with van der Waals surface area (Å²) in [6, 6.07) is 0. The van der Waals surface area contributed by atoms with Crippen LogP contribution in [0, 0.1) is 0 Å². The standard InChI is InChI=1S/C10H15N5O4/c11-8-5-9(13-2-12-8)15(3-14-5)10-7(18)6(17)4(1-16)19-10/h2-4,6-8,10,16-18H,1,11H2,(H,12,13)/t4-,6-,7+,8?,10-/m1/s1. The van der Waals surface area contributed by atoms with E-state index in [4.69, 9.17) is 15.6 Å². The van der Waals surface area contributed by atoms with Gasteiger partial charge in [-0.15, -0.1) is 0 Å². The first-order valence-corrected chi connectivity index (χ1v) is 5.86. The molecule has 0 spiro atoms. The smallest absolute Gasteiger partial charge is 0.165 e. The number of aromatic nitrogens is 2. The van der Waals surface area contributed by atoms with Gasteiger partial charge < -0.3 is 31.1 Å². The fraction of sp³-hybridized carbons (Fsp3) is 0.600. The Morgan fingerprint density at radius 2 is 2.21 bits per heavy atom. The average Bonchev–Trinajstić information content (AvgIpc) is 2.94. The Morgan fingerprint density at radius 3 is 2.89 bits per heavy atom. The number of nitrogens with one attached hydrogen (secondary N) is 1. The Balaban J connectivity index is 1.92. The summed E-state index contributed by atoms with van der Waals surface area (Å²) in [5, 5.41) is 31.7. The first kappa shape index (κ1) is 12.5. The minimum absolute atomic E-state index is 0.375. The molecule has 1 aromatic rings. The zero-order valence-electron chi connectivity index (χ0n) is 9.92. The quantitative estimate of drug-likeness (QED) is 0.415. The molecular formula is C10H15N5O4. The van der Waals surface area contributed by atoms with Crippen LogP contribution < -0.4 is 11.1 Å². The second kappa shape index (κ2) is 4.54. The molecule has 1 unspecified atom stereocenters. The van der Waals surface area contributed by atoms with Gasteiger partial charge in [-0.25, -0.2) is 4.98 Å². The van der Waals surface area contributed by atoms with Gasteiger partial charge in [-0.2, -0.15) is 0 Å². The molecule has 2 aliphatic heterocycles. The van der Waals surface area contributed by atoms with Crippen LogP contribution in [0.25, 0.3) is 0 Å². The number of aliphatic hydroxyl groups is 3. The van der Waals surface area contributed by atoms with Gasteiger partial charge in [0.05, 0.1) is 19.3 Å². The second-order valence-electron chi connectivity index (χ2n) is 4.48. The van der Waals surface area contributed by atoms with E-state index in [1.807, 2.05) is 0 Å². The molecule has 0 radical (unpaired) electrons. The van der Waals surface area contributed by atoms with Crippen LogP contribution in [0.4, 0.5) is 5.82 Å². The summed E-state index contributed by atoms with van der Waals surface area (Å²) in [5.41, 5.74) is 6.30. The third kappa shape index (κ3) is 1.83. The van der Waals surface area contributed by atoms with Gasteiger partial charge in [0.2, 0.25) is 0 Å². The van der Waals surface area contributed by atoms with E-state index in [1.165, 1.54) is 17.2 Å². The summed E-state index contributed by atoms with van der Waals surface area (Å²) < 4.78 is 6.96. The fourth-order valence-corrected chi connectivity index (χ4v) is 2.29. The highest BCUT2D eigenvalue weighted by molar-refractivity contribution is 5.77.